The van der Waals surface area contributed by atoms with E-state index in [1.54, 1.807) is 23.1 Å². The second kappa shape index (κ2) is 5.26. The minimum atomic E-state index is -0.933. The van der Waals surface area contributed by atoms with Crippen LogP contribution in [0.25, 0.3) is 0 Å². The number of carboxylic acids is 1. The van der Waals surface area contributed by atoms with E-state index in [0.29, 0.717) is 5.75 Å². The minimum absolute atomic E-state index is 0.463. The van der Waals surface area contributed by atoms with Gasteiger partial charge < -0.3 is 10.8 Å². The zero-order valence-corrected chi connectivity index (χ0v) is 8.61. The minimum Gasteiger partial charge on any atom is -0.480 e. The van der Waals surface area contributed by atoms with E-state index in [1.807, 2.05) is 11.4 Å². The predicted octanol–water partition coefficient (Wildman–Crippen LogP) is 1.39. The van der Waals surface area contributed by atoms with Gasteiger partial charge in [0.2, 0.25) is 0 Å². The average molecular weight is 217 g/mol. The summed E-state index contributed by atoms with van der Waals surface area (Å²) < 4.78 is 0. The Labute approximate surface area is 85.0 Å². The van der Waals surface area contributed by atoms with Crippen molar-refractivity contribution in [2.75, 3.05) is 5.75 Å². The molecule has 0 amide bonds. The van der Waals surface area contributed by atoms with Crippen LogP contribution < -0.4 is 5.73 Å². The number of thiophene rings is 1. The smallest absolute Gasteiger partial charge is 0.321 e. The number of carbonyl (C=O) groups is 1. The maximum absolute atomic E-state index is 10.4. The van der Waals surface area contributed by atoms with Crippen LogP contribution in [0.5, 0.6) is 0 Å². The van der Waals surface area contributed by atoms with Crippen molar-refractivity contribution in [2.24, 2.45) is 5.73 Å². The van der Waals surface area contributed by atoms with E-state index in [1.165, 1.54) is 5.56 Å². The van der Waals surface area contributed by atoms with Gasteiger partial charge in [0.1, 0.15) is 6.04 Å². The molecule has 0 saturated carbocycles. The summed E-state index contributed by atoms with van der Waals surface area (Å²) >= 11 is 3.19. The molecule has 0 bridgehead atoms. The van der Waals surface area contributed by atoms with Crippen molar-refractivity contribution in [1.29, 1.82) is 0 Å². The number of nitrogens with two attached hydrogens (primary N) is 1. The Morgan fingerprint density at radius 1 is 1.77 bits per heavy atom. The van der Waals surface area contributed by atoms with E-state index in [2.05, 4.69) is 5.38 Å². The lowest BCUT2D eigenvalue weighted by Gasteiger charge is -2.04. The molecule has 5 heteroatoms. The Bertz CT molecular complexity index is 261. The first-order valence-electron chi connectivity index (χ1n) is 3.77. The summed E-state index contributed by atoms with van der Waals surface area (Å²) in [5, 5.41) is 12.6. The number of carboxylic acid groups (broad SMARTS) is 1. The molecule has 0 aliphatic rings. The fourth-order valence-corrected chi connectivity index (χ4v) is 2.45. The molecule has 1 aromatic heterocycles. The highest BCUT2D eigenvalue weighted by Crippen LogP contribution is 2.15. The van der Waals surface area contributed by atoms with Gasteiger partial charge in [-0.2, -0.15) is 23.1 Å². The van der Waals surface area contributed by atoms with Crippen molar-refractivity contribution in [3.8, 4) is 0 Å². The monoisotopic (exact) mass is 217 g/mol. The Kier molecular flexibility index (Phi) is 4.27. The quantitative estimate of drug-likeness (QED) is 0.782. The van der Waals surface area contributed by atoms with Gasteiger partial charge in [-0.15, -0.1) is 0 Å². The number of thioether (sulfide) groups is 1. The molecule has 0 radical (unpaired) electrons. The third-order valence-corrected chi connectivity index (χ3v) is 3.33. The van der Waals surface area contributed by atoms with Crippen molar-refractivity contribution >= 4 is 29.1 Å². The Morgan fingerprint density at radius 2 is 2.54 bits per heavy atom. The molecule has 72 valence electrons. The van der Waals surface area contributed by atoms with Gasteiger partial charge in [-0.25, -0.2) is 0 Å². The van der Waals surface area contributed by atoms with Crippen molar-refractivity contribution in [1.82, 2.24) is 0 Å². The lowest BCUT2D eigenvalue weighted by molar-refractivity contribution is -0.137. The van der Waals surface area contributed by atoms with E-state index in [0.717, 1.165) is 5.75 Å². The molecule has 0 spiro atoms. The van der Waals surface area contributed by atoms with Crippen LogP contribution in [0.15, 0.2) is 16.8 Å². The highest BCUT2D eigenvalue weighted by molar-refractivity contribution is 7.98. The zero-order chi connectivity index (χ0) is 9.68. The third-order valence-electron chi connectivity index (χ3n) is 1.46. The maximum Gasteiger partial charge on any atom is 0.321 e. The molecule has 13 heavy (non-hydrogen) atoms. The molecule has 0 aliphatic carbocycles. The van der Waals surface area contributed by atoms with E-state index in [4.69, 9.17) is 10.8 Å². The lowest BCUT2D eigenvalue weighted by atomic mass is 10.4. The summed E-state index contributed by atoms with van der Waals surface area (Å²) in [6, 6.07) is 1.29. The number of aliphatic carboxylic acids is 1. The summed E-state index contributed by atoms with van der Waals surface area (Å²) in [7, 11) is 0. The van der Waals surface area contributed by atoms with Crippen molar-refractivity contribution < 1.29 is 9.90 Å². The van der Waals surface area contributed by atoms with Gasteiger partial charge in [-0.05, 0) is 22.4 Å². The highest BCUT2D eigenvalue weighted by Gasteiger charge is 2.10. The van der Waals surface area contributed by atoms with Crippen molar-refractivity contribution in [2.45, 2.75) is 11.8 Å². The fraction of sp³-hybridized carbons (Fsp3) is 0.375. The topological polar surface area (TPSA) is 63.3 Å². The van der Waals surface area contributed by atoms with Gasteiger partial charge in [0.25, 0.3) is 0 Å². The van der Waals surface area contributed by atoms with Crippen LogP contribution >= 0.6 is 23.1 Å². The third kappa shape index (κ3) is 3.80. The van der Waals surface area contributed by atoms with Gasteiger partial charge in [-0.3, -0.25) is 4.79 Å². The number of hydrogen-bond acceptors (Lipinski definition) is 4. The first kappa shape index (κ1) is 10.6. The fourth-order valence-electron chi connectivity index (χ4n) is 0.750. The van der Waals surface area contributed by atoms with Crippen molar-refractivity contribution in [3.63, 3.8) is 0 Å². The molecule has 0 aliphatic heterocycles. The largest absolute Gasteiger partial charge is 0.480 e. The highest BCUT2D eigenvalue weighted by atomic mass is 32.2. The van der Waals surface area contributed by atoms with Crippen LogP contribution in [0.3, 0.4) is 0 Å². The Morgan fingerprint density at radius 3 is 3.08 bits per heavy atom. The molecule has 1 atom stereocenters. The molecular weight excluding hydrogens is 206 g/mol. The van der Waals surface area contributed by atoms with Crippen LogP contribution in [-0.2, 0) is 10.5 Å². The molecule has 3 nitrogen and oxygen atoms in total. The molecule has 3 N–H and O–H groups in total. The number of hydrogen-bond donors (Lipinski definition) is 2. The van der Waals surface area contributed by atoms with Gasteiger partial charge in [0.05, 0.1) is 0 Å². The van der Waals surface area contributed by atoms with Gasteiger partial charge in [0, 0.05) is 11.5 Å². The van der Waals surface area contributed by atoms with E-state index >= 15 is 0 Å². The van der Waals surface area contributed by atoms with E-state index in [-0.39, 0.29) is 0 Å². The van der Waals surface area contributed by atoms with Crippen LogP contribution in [0, 0.1) is 0 Å². The summed E-state index contributed by atoms with van der Waals surface area (Å²) in [6.07, 6.45) is 0. The molecule has 1 aromatic rings. The molecule has 1 rings (SSSR count). The zero-order valence-electron chi connectivity index (χ0n) is 6.97. The second-order valence-corrected chi connectivity index (χ2v) is 4.40. The normalized spacial score (nSPS) is 12.7. The maximum atomic E-state index is 10.4. The molecule has 0 unspecified atom stereocenters. The Hall–Kier alpha value is -0.520. The van der Waals surface area contributed by atoms with Crippen LogP contribution in [0.2, 0.25) is 0 Å². The van der Waals surface area contributed by atoms with E-state index in [9.17, 15) is 4.79 Å². The molecular formula is C8H11NO2S2. The lowest BCUT2D eigenvalue weighted by Crippen LogP contribution is -2.32. The summed E-state index contributed by atoms with van der Waals surface area (Å²) in [5.41, 5.74) is 6.57. The van der Waals surface area contributed by atoms with Crippen molar-refractivity contribution in [3.05, 3.63) is 22.4 Å². The second-order valence-electron chi connectivity index (χ2n) is 2.59. The molecule has 0 aromatic carbocycles. The molecule has 0 fully saturated rings. The first-order chi connectivity index (χ1) is 6.20. The van der Waals surface area contributed by atoms with Crippen LogP contribution in [0.4, 0.5) is 0 Å². The summed E-state index contributed by atoms with van der Waals surface area (Å²) in [5.74, 6) is 0.369. The summed E-state index contributed by atoms with van der Waals surface area (Å²) in [4.78, 5) is 10.4. The standard InChI is InChI=1S/C8H11NO2S2/c9-7(8(10)11)5-13-4-6-1-2-12-3-6/h1-3,7H,4-5,9H2,(H,10,11)/t7-/m0/s1. The van der Waals surface area contributed by atoms with Gasteiger partial charge in [0.15, 0.2) is 0 Å². The first-order valence-corrected chi connectivity index (χ1v) is 5.87. The van der Waals surface area contributed by atoms with Crippen LogP contribution in [0.1, 0.15) is 5.56 Å². The number of rotatable bonds is 5. The van der Waals surface area contributed by atoms with Crippen LogP contribution in [-0.4, -0.2) is 22.9 Å². The van der Waals surface area contributed by atoms with Gasteiger partial charge in [-0.1, -0.05) is 0 Å². The SMILES string of the molecule is N[C@@H](CSCc1ccsc1)C(=O)O. The van der Waals surface area contributed by atoms with E-state index < -0.39 is 12.0 Å². The van der Waals surface area contributed by atoms with Gasteiger partial charge >= 0.3 is 5.97 Å². The summed E-state index contributed by atoms with van der Waals surface area (Å²) in [6.45, 7) is 0. The molecule has 1 heterocycles. The average Bonchev–Trinajstić information content (AvgIpc) is 2.56. The Balaban J connectivity index is 2.18. The molecule has 0 saturated heterocycles. The predicted molar refractivity (Wildman–Crippen MR) is 56.1 cm³/mol.